The fourth-order valence-electron chi connectivity index (χ4n) is 1.92. The van der Waals surface area contributed by atoms with Crippen LogP contribution in [0.1, 0.15) is 25.3 Å². The van der Waals surface area contributed by atoms with Crippen LogP contribution in [0.4, 0.5) is 10.1 Å². The van der Waals surface area contributed by atoms with Gasteiger partial charge in [-0.15, -0.1) is 0 Å². The van der Waals surface area contributed by atoms with Crippen molar-refractivity contribution in [3.8, 4) is 0 Å². The monoisotopic (exact) mass is 250 g/mol. The number of piperidine rings is 1. The topological polar surface area (TPSA) is 58.2 Å². The fourth-order valence-corrected chi connectivity index (χ4v) is 1.92. The largest absolute Gasteiger partial charge is 0.371 e. The first-order chi connectivity index (χ1) is 8.60. The number of anilines is 1. The van der Waals surface area contributed by atoms with Crippen molar-refractivity contribution in [1.29, 1.82) is 0 Å². The molecule has 1 heterocycles. The van der Waals surface area contributed by atoms with Gasteiger partial charge in [0, 0.05) is 6.42 Å². The van der Waals surface area contributed by atoms with Crippen LogP contribution in [0.3, 0.4) is 0 Å². The van der Waals surface area contributed by atoms with Crippen LogP contribution >= 0.6 is 0 Å². The normalized spacial score (nSPS) is 19.6. The molecule has 1 fully saturated rings. The van der Waals surface area contributed by atoms with Crippen molar-refractivity contribution in [2.45, 2.75) is 32.2 Å². The third kappa shape index (κ3) is 2.67. The van der Waals surface area contributed by atoms with Crippen LogP contribution in [0.25, 0.3) is 0 Å². The summed E-state index contributed by atoms with van der Waals surface area (Å²) in [5, 5.41) is 5.09. The second-order valence-corrected chi connectivity index (χ2v) is 4.32. The molecule has 0 bridgehead atoms. The lowest BCUT2D eigenvalue weighted by atomic mass is 10.0. The Labute approximate surface area is 105 Å². The molecule has 1 aliphatic heterocycles. The van der Waals surface area contributed by atoms with E-state index in [1.54, 1.807) is 12.1 Å². The summed E-state index contributed by atoms with van der Waals surface area (Å²) in [5.74, 6) is -1.06. The van der Waals surface area contributed by atoms with Gasteiger partial charge >= 0.3 is 0 Å². The van der Waals surface area contributed by atoms with Gasteiger partial charge in [0.15, 0.2) is 0 Å². The molecule has 0 saturated carbocycles. The van der Waals surface area contributed by atoms with Crippen LogP contribution in [0.15, 0.2) is 18.2 Å². The summed E-state index contributed by atoms with van der Waals surface area (Å²) >= 11 is 0. The van der Waals surface area contributed by atoms with Gasteiger partial charge in [-0.3, -0.25) is 14.9 Å². The molecule has 0 spiro atoms. The van der Waals surface area contributed by atoms with Crippen molar-refractivity contribution in [3.05, 3.63) is 29.6 Å². The molecular weight excluding hydrogens is 235 g/mol. The highest BCUT2D eigenvalue weighted by atomic mass is 19.1. The van der Waals surface area contributed by atoms with E-state index < -0.39 is 17.8 Å². The lowest BCUT2D eigenvalue weighted by molar-refractivity contribution is -0.133. The molecule has 1 aromatic rings. The molecule has 0 aromatic heterocycles. The Balaban J connectivity index is 2.13. The summed E-state index contributed by atoms with van der Waals surface area (Å²) in [4.78, 5) is 22.6. The van der Waals surface area contributed by atoms with E-state index in [9.17, 15) is 14.0 Å². The predicted molar refractivity (Wildman–Crippen MR) is 65.6 cm³/mol. The average molecular weight is 250 g/mol. The molecular formula is C13H15FN2O2. The zero-order chi connectivity index (χ0) is 13.1. The quantitative estimate of drug-likeness (QED) is 0.801. The van der Waals surface area contributed by atoms with Crippen LogP contribution in [0.2, 0.25) is 0 Å². The fraction of sp³-hybridized carbons (Fsp3) is 0.385. The van der Waals surface area contributed by atoms with E-state index >= 15 is 0 Å². The molecule has 0 aliphatic carbocycles. The molecule has 18 heavy (non-hydrogen) atoms. The van der Waals surface area contributed by atoms with Crippen molar-refractivity contribution in [3.63, 3.8) is 0 Å². The Hall–Kier alpha value is -1.91. The number of rotatable bonds is 3. The molecule has 1 atom stereocenters. The molecule has 1 aromatic carbocycles. The Kier molecular flexibility index (Phi) is 3.60. The molecule has 5 heteroatoms. The first kappa shape index (κ1) is 12.5. The molecule has 0 radical (unpaired) electrons. The number of hydrogen-bond acceptors (Lipinski definition) is 3. The van der Waals surface area contributed by atoms with E-state index in [1.165, 1.54) is 6.07 Å². The second kappa shape index (κ2) is 5.16. The van der Waals surface area contributed by atoms with Gasteiger partial charge in [-0.25, -0.2) is 4.39 Å². The third-order valence-electron chi connectivity index (χ3n) is 3.01. The predicted octanol–water partition coefficient (Wildman–Crippen LogP) is 1.61. The van der Waals surface area contributed by atoms with Gasteiger partial charge in [-0.2, -0.15) is 0 Å². The van der Waals surface area contributed by atoms with Gasteiger partial charge in [-0.05, 0) is 30.5 Å². The maximum absolute atomic E-state index is 13.6. The molecule has 1 aliphatic rings. The maximum atomic E-state index is 13.6. The van der Waals surface area contributed by atoms with E-state index in [-0.39, 0.29) is 12.3 Å². The average Bonchev–Trinajstić information content (AvgIpc) is 2.35. The van der Waals surface area contributed by atoms with Crippen LogP contribution in [0, 0.1) is 5.82 Å². The van der Waals surface area contributed by atoms with Gasteiger partial charge < -0.3 is 5.32 Å². The molecule has 1 saturated heterocycles. The number of carbonyl (C=O) groups is 2. The number of imide groups is 1. The highest BCUT2D eigenvalue weighted by Gasteiger charge is 2.26. The number of carbonyl (C=O) groups excluding carboxylic acids is 2. The van der Waals surface area contributed by atoms with Crippen LogP contribution < -0.4 is 10.6 Å². The molecule has 2 amide bonds. The Bertz CT molecular complexity index is 488. The maximum Gasteiger partial charge on any atom is 0.249 e. The summed E-state index contributed by atoms with van der Waals surface area (Å²) < 4.78 is 13.6. The Morgan fingerprint density at radius 1 is 1.44 bits per heavy atom. The molecule has 2 N–H and O–H groups in total. The van der Waals surface area contributed by atoms with Gasteiger partial charge in [0.05, 0.1) is 5.69 Å². The van der Waals surface area contributed by atoms with Gasteiger partial charge in [0.2, 0.25) is 11.8 Å². The highest BCUT2D eigenvalue weighted by Crippen LogP contribution is 2.19. The standard InChI is InChI=1S/C13H15FN2O2/c1-2-8-3-4-9(14)11(7-8)15-10-5-6-12(17)16-13(10)18/h3-4,7,10,15H,2,5-6H2,1H3,(H,16,17,18). The van der Waals surface area contributed by atoms with E-state index in [0.29, 0.717) is 12.1 Å². The van der Waals surface area contributed by atoms with Gasteiger partial charge in [0.1, 0.15) is 11.9 Å². The highest BCUT2D eigenvalue weighted by molar-refractivity contribution is 6.01. The number of halogens is 1. The van der Waals surface area contributed by atoms with Gasteiger partial charge in [0.25, 0.3) is 0 Å². The minimum absolute atomic E-state index is 0.276. The van der Waals surface area contributed by atoms with Gasteiger partial charge in [-0.1, -0.05) is 13.0 Å². The van der Waals surface area contributed by atoms with Crippen LogP contribution in [0.5, 0.6) is 0 Å². The zero-order valence-corrected chi connectivity index (χ0v) is 10.1. The summed E-state index contributed by atoms with van der Waals surface area (Å²) in [6.45, 7) is 1.98. The van der Waals surface area contributed by atoms with Crippen molar-refractivity contribution < 1.29 is 14.0 Å². The van der Waals surface area contributed by atoms with Crippen molar-refractivity contribution >= 4 is 17.5 Å². The van der Waals surface area contributed by atoms with E-state index in [0.717, 1.165) is 12.0 Å². The lowest BCUT2D eigenvalue weighted by Gasteiger charge is -2.23. The summed E-state index contributed by atoms with van der Waals surface area (Å²) in [6, 6.07) is 4.24. The van der Waals surface area contributed by atoms with Crippen LogP contribution in [-0.2, 0) is 16.0 Å². The SMILES string of the molecule is CCc1ccc(F)c(NC2CCC(=O)NC2=O)c1. The first-order valence-electron chi connectivity index (χ1n) is 5.99. The van der Waals surface area contributed by atoms with Crippen LogP contribution in [-0.4, -0.2) is 17.9 Å². The van der Waals surface area contributed by atoms with Crippen molar-refractivity contribution in [1.82, 2.24) is 5.32 Å². The first-order valence-corrected chi connectivity index (χ1v) is 5.99. The molecule has 2 rings (SSSR count). The zero-order valence-electron chi connectivity index (χ0n) is 10.1. The summed E-state index contributed by atoms with van der Waals surface area (Å²) in [7, 11) is 0. The lowest BCUT2D eigenvalue weighted by Crippen LogP contribution is -2.47. The summed E-state index contributed by atoms with van der Waals surface area (Å²) in [6.07, 6.45) is 1.46. The van der Waals surface area contributed by atoms with Crippen molar-refractivity contribution in [2.24, 2.45) is 0 Å². The number of amides is 2. The van der Waals surface area contributed by atoms with Crippen molar-refractivity contribution in [2.75, 3.05) is 5.32 Å². The van der Waals surface area contributed by atoms with E-state index in [1.807, 2.05) is 6.92 Å². The summed E-state index contributed by atoms with van der Waals surface area (Å²) in [5.41, 5.74) is 1.30. The minimum atomic E-state index is -0.552. The Morgan fingerprint density at radius 3 is 2.89 bits per heavy atom. The number of benzene rings is 1. The van der Waals surface area contributed by atoms with E-state index in [4.69, 9.17) is 0 Å². The van der Waals surface area contributed by atoms with E-state index in [2.05, 4.69) is 10.6 Å². The second-order valence-electron chi connectivity index (χ2n) is 4.32. The Morgan fingerprint density at radius 2 is 2.22 bits per heavy atom. The smallest absolute Gasteiger partial charge is 0.249 e. The molecule has 96 valence electrons. The molecule has 1 unspecified atom stereocenters. The molecule has 4 nitrogen and oxygen atoms in total. The number of nitrogens with one attached hydrogen (secondary N) is 2. The minimum Gasteiger partial charge on any atom is -0.371 e. The number of aryl methyl sites for hydroxylation is 1. The third-order valence-corrected chi connectivity index (χ3v) is 3.01. The number of hydrogen-bond donors (Lipinski definition) is 2.